The molecule has 0 bridgehead atoms. The zero-order valence-electron chi connectivity index (χ0n) is 9.33. The van der Waals surface area contributed by atoms with Crippen molar-refractivity contribution in [2.75, 3.05) is 5.75 Å². The van der Waals surface area contributed by atoms with E-state index in [1.54, 1.807) is 0 Å². The van der Waals surface area contributed by atoms with Crippen molar-refractivity contribution in [3.63, 3.8) is 0 Å². The van der Waals surface area contributed by atoms with E-state index in [0.29, 0.717) is 11.5 Å². The van der Waals surface area contributed by atoms with E-state index in [4.69, 9.17) is 10.8 Å². The fourth-order valence-corrected chi connectivity index (χ4v) is 2.06. The minimum Gasteiger partial charge on any atom is -0.480 e. The monoisotopic (exact) mass is 244 g/mol. The first-order valence-electron chi connectivity index (χ1n) is 4.97. The lowest BCUT2D eigenvalue weighted by molar-refractivity contribution is -0.137. The van der Waals surface area contributed by atoms with Gasteiger partial charge in [-0.2, -0.15) is 16.9 Å². The molecule has 0 aliphatic carbocycles. The second-order valence-corrected chi connectivity index (χ2v) is 4.70. The number of hydrogen-bond donors (Lipinski definition) is 2. The Morgan fingerprint density at radius 3 is 2.94 bits per heavy atom. The zero-order valence-corrected chi connectivity index (χ0v) is 10.1. The number of carbonyl (C=O) groups is 1. The highest BCUT2D eigenvalue weighted by Gasteiger charge is 2.13. The lowest BCUT2D eigenvalue weighted by Crippen LogP contribution is -2.32. The molecule has 0 aromatic carbocycles. The molecule has 0 saturated carbocycles. The Morgan fingerprint density at radius 2 is 2.38 bits per heavy atom. The largest absolute Gasteiger partial charge is 0.480 e. The second-order valence-electron chi connectivity index (χ2n) is 3.67. The van der Waals surface area contributed by atoms with E-state index in [9.17, 15) is 4.79 Å². The number of hydrogen-bond acceptors (Lipinski definition) is 5. The number of rotatable bonds is 6. The summed E-state index contributed by atoms with van der Waals surface area (Å²) in [6.07, 6.45) is 1.51. The minimum absolute atomic E-state index is 0.256. The third-order valence-electron chi connectivity index (χ3n) is 1.98. The topological polar surface area (TPSA) is 94.0 Å². The van der Waals surface area contributed by atoms with Crippen molar-refractivity contribution in [2.45, 2.75) is 31.7 Å². The minimum atomic E-state index is -0.974. The Balaban J connectivity index is 2.43. The number of carboxylic acid groups (broad SMARTS) is 1. The first kappa shape index (κ1) is 13.0. The fraction of sp³-hybridized carbons (Fsp3) is 0.667. The van der Waals surface area contributed by atoms with Gasteiger partial charge in [-0.1, -0.05) is 0 Å². The molecule has 1 aromatic heterocycles. The van der Waals surface area contributed by atoms with Crippen LogP contribution in [0.4, 0.5) is 0 Å². The van der Waals surface area contributed by atoms with Gasteiger partial charge in [0.15, 0.2) is 0 Å². The highest BCUT2D eigenvalue weighted by Crippen LogP contribution is 2.13. The van der Waals surface area contributed by atoms with Crippen LogP contribution in [0.1, 0.15) is 25.7 Å². The molecule has 0 amide bonds. The molecule has 1 rings (SSSR count). The van der Waals surface area contributed by atoms with Crippen molar-refractivity contribution >= 4 is 17.7 Å². The molecular weight excluding hydrogens is 228 g/mol. The molecule has 16 heavy (non-hydrogen) atoms. The molecule has 1 heterocycles. The molecule has 1 aromatic rings. The van der Waals surface area contributed by atoms with Crippen LogP contribution < -0.4 is 5.73 Å². The van der Waals surface area contributed by atoms with Crippen molar-refractivity contribution < 1.29 is 9.90 Å². The molecule has 6 nitrogen and oxygen atoms in total. The van der Waals surface area contributed by atoms with E-state index >= 15 is 0 Å². The number of thioether (sulfide) groups is 1. The number of aromatic nitrogens is 3. The molecule has 7 heteroatoms. The van der Waals surface area contributed by atoms with Crippen LogP contribution in [0.5, 0.6) is 0 Å². The Labute approximate surface area is 98.2 Å². The lowest BCUT2D eigenvalue weighted by Gasteiger charge is -2.09. The SMILES string of the molecule is CC(C)n1ncnc1CSCC(N)C(=O)O. The number of nitrogens with zero attached hydrogens (tertiary/aromatic N) is 3. The van der Waals surface area contributed by atoms with Gasteiger partial charge < -0.3 is 10.8 Å². The van der Waals surface area contributed by atoms with Gasteiger partial charge >= 0.3 is 5.97 Å². The summed E-state index contributed by atoms with van der Waals surface area (Å²) in [7, 11) is 0. The second kappa shape index (κ2) is 5.86. The quantitative estimate of drug-likeness (QED) is 0.757. The Hall–Kier alpha value is -1.08. The summed E-state index contributed by atoms with van der Waals surface area (Å²) in [5.74, 6) is 0.870. The van der Waals surface area contributed by atoms with Gasteiger partial charge in [0.05, 0.1) is 5.75 Å². The molecule has 3 N–H and O–H groups in total. The average molecular weight is 244 g/mol. The van der Waals surface area contributed by atoms with Crippen LogP contribution in [-0.4, -0.2) is 37.6 Å². The molecule has 0 spiro atoms. The number of carboxylic acids is 1. The van der Waals surface area contributed by atoms with E-state index < -0.39 is 12.0 Å². The van der Waals surface area contributed by atoms with Crippen LogP contribution in [0, 0.1) is 0 Å². The predicted octanol–water partition coefficient (Wildman–Crippen LogP) is 0.504. The fourth-order valence-electron chi connectivity index (χ4n) is 1.16. The number of nitrogens with two attached hydrogens (primary N) is 1. The maximum atomic E-state index is 10.5. The molecule has 0 aliphatic rings. The van der Waals surface area contributed by atoms with E-state index in [-0.39, 0.29) is 6.04 Å². The maximum Gasteiger partial charge on any atom is 0.321 e. The molecule has 1 atom stereocenters. The maximum absolute atomic E-state index is 10.5. The normalized spacial score (nSPS) is 13.0. The highest BCUT2D eigenvalue weighted by atomic mass is 32.2. The molecule has 0 radical (unpaired) electrons. The van der Waals surface area contributed by atoms with Gasteiger partial charge in [-0.25, -0.2) is 9.67 Å². The smallest absolute Gasteiger partial charge is 0.321 e. The molecular formula is C9H16N4O2S. The van der Waals surface area contributed by atoms with Crippen LogP contribution in [0.3, 0.4) is 0 Å². The van der Waals surface area contributed by atoms with E-state index in [0.717, 1.165) is 5.82 Å². The predicted molar refractivity (Wildman–Crippen MR) is 62.2 cm³/mol. The molecule has 0 fully saturated rings. The molecule has 90 valence electrons. The van der Waals surface area contributed by atoms with E-state index in [1.807, 2.05) is 18.5 Å². The first-order chi connectivity index (χ1) is 7.52. The van der Waals surface area contributed by atoms with Crippen molar-refractivity contribution in [1.82, 2.24) is 14.8 Å². The van der Waals surface area contributed by atoms with Gasteiger partial charge in [0.25, 0.3) is 0 Å². The summed E-state index contributed by atoms with van der Waals surface area (Å²) in [4.78, 5) is 14.6. The zero-order chi connectivity index (χ0) is 12.1. The summed E-state index contributed by atoms with van der Waals surface area (Å²) >= 11 is 1.45. The van der Waals surface area contributed by atoms with Crippen LogP contribution in [0.2, 0.25) is 0 Å². The Morgan fingerprint density at radius 1 is 1.69 bits per heavy atom. The molecule has 1 unspecified atom stereocenters. The lowest BCUT2D eigenvalue weighted by atomic mass is 10.4. The molecule has 0 saturated heterocycles. The van der Waals surface area contributed by atoms with Gasteiger partial charge in [-0.05, 0) is 13.8 Å². The first-order valence-corrected chi connectivity index (χ1v) is 6.12. The third kappa shape index (κ3) is 3.49. The summed E-state index contributed by atoms with van der Waals surface area (Å²) < 4.78 is 1.82. The third-order valence-corrected chi connectivity index (χ3v) is 3.04. The van der Waals surface area contributed by atoms with Crippen LogP contribution in [0.15, 0.2) is 6.33 Å². The van der Waals surface area contributed by atoms with Crippen LogP contribution in [-0.2, 0) is 10.5 Å². The van der Waals surface area contributed by atoms with Crippen molar-refractivity contribution in [3.05, 3.63) is 12.2 Å². The van der Waals surface area contributed by atoms with Gasteiger partial charge in [-0.3, -0.25) is 4.79 Å². The van der Waals surface area contributed by atoms with Gasteiger partial charge in [0, 0.05) is 11.8 Å². The van der Waals surface area contributed by atoms with Crippen molar-refractivity contribution in [3.8, 4) is 0 Å². The van der Waals surface area contributed by atoms with Crippen molar-refractivity contribution in [2.24, 2.45) is 5.73 Å². The van der Waals surface area contributed by atoms with Gasteiger partial charge in [-0.15, -0.1) is 0 Å². The summed E-state index contributed by atoms with van der Waals surface area (Å²) in [6.45, 7) is 4.04. The van der Waals surface area contributed by atoms with E-state index in [1.165, 1.54) is 18.1 Å². The highest BCUT2D eigenvalue weighted by molar-refractivity contribution is 7.98. The standard InChI is InChI=1S/C9H16N4O2S/c1-6(2)13-8(11-5-12-13)4-16-3-7(10)9(14)15/h5-7H,3-4,10H2,1-2H3,(H,14,15). The average Bonchev–Trinajstić information content (AvgIpc) is 2.65. The van der Waals surface area contributed by atoms with Gasteiger partial charge in [0.1, 0.15) is 18.2 Å². The van der Waals surface area contributed by atoms with Crippen molar-refractivity contribution in [1.29, 1.82) is 0 Å². The van der Waals surface area contributed by atoms with Crippen LogP contribution >= 0.6 is 11.8 Å². The summed E-state index contributed by atoms with van der Waals surface area (Å²) in [5, 5.41) is 12.7. The van der Waals surface area contributed by atoms with Gasteiger partial charge in [0.2, 0.25) is 0 Å². The summed E-state index contributed by atoms with van der Waals surface area (Å²) in [6, 6.07) is -0.563. The summed E-state index contributed by atoms with van der Waals surface area (Å²) in [5.41, 5.74) is 5.39. The van der Waals surface area contributed by atoms with E-state index in [2.05, 4.69) is 10.1 Å². The Bertz CT molecular complexity index is 353. The molecule has 0 aliphatic heterocycles. The Kier molecular flexibility index (Phi) is 4.75. The van der Waals surface area contributed by atoms with Crippen LogP contribution in [0.25, 0.3) is 0 Å². The number of aliphatic carboxylic acids is 1.